The fourth-order valence-electron chi connectivity index (χ4n) is 4.43. The maximum absolute atomic E-state index is 13.3. The van der Waals surface area contributed by atoms with Gasteiger partial charge < -0.3 is 15.4 Å². The Balaban J connectivity index is 1.60. The highest BCUT2D eigenvalue weighted by molar-refractivity contribution is 7.90. The molecule has 0 saturated heterocycles. The van der Waals surface area contributed by atoms with Crippen LogP contribution >= 0.6 is 0 Å². The summed E-state index contributed by atoms with van der Waals surface area (Å²) >= 11 is 0. The van der Waals surface area contributed by atoms with Crippen molar-refractivity contribution in [1.29, 1.82) is 0 Å². The van der Waals surface area contributed by atoms with E-state index >= 15 is 0 Å². The van der Waals surface area contributed by atoms with Crippen LogP contribution in [0.25, 0.3) is 22.3 Å². The predicted octanol–water partition coefficient (Wildman–Crippen LogP) is 5.52. The van der Waals surface area contributed by atoms with Gasteiger partial charge in [-0.25, -0.2) is 22.2 Å². The van der Waals surface area contributed by atoms with E-state index in [0.717, 1.165) is 9.54 Å². The predicted molar refractivity (Wildman–Crippen MR) is 158 cm³/mol. The zero-order valence-electron chi connectivity index (χ0n) is 24.0. The Bertz CT molecular complexity index is 1670. The Hall–Kier alpha value is -4.25. The van der Waals surface area contributed by atoms with Gasteiger partial charge in [0.2, 0.25) is 5.91 Å². The summed E-state index contributed by atoms with van der Waals surface area (Å²) in [6.07, 6.45) is 4.33. The molecular weight excluding hydrogens is 542 g/mol. The summed E-state index contributed by atoms with van der Waals surface area (Å²) in [4.78, 5) is 34.6. The van der Waals surface area contributed by atoms with Crippen LogP contribution in [0.4, 0.5) is 10.5 Å². The summed E-state index contributed by atoms with van der Waals surface area (Å²) in [5, 5.41) is 6.14. The van der Waals surface area contributed by atoms with Crippen LogP contribution in [0.3, 0.4) is 0 Å². The highest BCUT2D eigenvalue weighted by Crippen LogP contribution is 2.31. The third-order valence-corrected chi connectivity index (χ3v) is 7.85. The Morgan fingerprint density at radius 3 is 2.39 bits per heavy atom. The molecule has 2 amide bonds. The second-order valence-electron chi connectivity index (χ2n) is 11.2. The molecule has 2 N–H and O–H groups in total. The van der Waals surface area contributed by atoms with Crippen LogP contribution in [0.5, 0.6) is 0 Å². The molecule has 216 valence electrons. The van der Waals surface area contributed by atoms with E-state index in [0.29, 0.717) is 28.8 Å². The van der Waals surface area contributed by atoms with Crippen molar-refractivity contribution in [2.45, 2.75) is 64.5 Å². The summed E-state index contributed by atoms with van der Waals surface area (Å²) in [7, 11) is -3.84. The second kappa shape index (κ2) is 11.7. The largest absolute Gasteiger partial charge is 0.444 e. The van der Waals surface area contributed by atoms with Gasteiger partial charge in [0.05, 0.1) is 22.5 Å². The molecule has 0 fully saturated rings. The van der Waals surface area contributed by atoms with Crippen molar-refractivity contribution in [3.05, 3.63) is 72.7 Å². The average molecular weight is 578 g/mol. The van der Waals surface area contributed by atoms with Crippen molar-refractivity contribution >= 4 is 38.7 Å². The molecule has 0 unspecified atom stereocenters. The zero-order valence-corrected chi connectivity index (χ0v) is 24.8. The van der Waals surface area contributed by atoms with Gasteiger partial charge in [-0.1, -0.05) is 32.0 Å². The zero-order chi connectivity index (χ0) is 29.9. The van der Waals surface area contributed by atoms with Gasteiger partial charge in [0.25, 0.3) is 10.0 Å². The quantitative estimate of drug-likeness (QED) is 0.282. The van der Waals surface area contributed by atoms with Crippen molar-refractivity contribution < 1.29 is 22.7 Å². The molecular formula is C30H35N5O5S. The van der Waals surface area contributed by atoms with Gasteiger partial charge in [-0.2, -0.15) is 0 Å². The first-order chi connectivity index (χ1) is 19.3. The topological polar surface area (TPSA) is 132 Å². The molecule has 0 aliphatic carbocycles. The van der Waals surface area contributed by atoms with Crippen LogP contribution < -0.4 is 10.6 Å². The fraction of sp³-hybridized carbons (Fsp3) is 0.333. The van der Waals surface area contributed by atoms with E-state index in [4.69, 9.17) is 4.74 Å². The minimum atomic E-state index is -3.84. The first-order valence-electron chi connectivity index (χ1n) is 13.3. The number of carbonyl (C=O) groups is 2. The summed E-state index contributed by atoms with van der Waals surface area (Å²) < 4.78 is 33.0. The average Bonchev–Trinajstić information content (AvgIpc) is 3.33. The maximum Gasteiger partial charge on any atom is 0.408 e. The number of ether oxygens (including phenoxy) is 1. The van der Waals surface area contributed by atoms with Gasteiger partial charge in [0.15, 0.2) is 5.65 Å². The van der Waals surface area contributed by atoms with Crippen LogP contribution in [-0.4, -0.2) is 46.0 Å². The van der Waals surface area contributed by atoms with E-state index in [9.17, 15) is 18.0 Å². The van der Waals surface area contributed by atoms with Gasteiger partial charge in [-0.15, -0.1) is 0 Å². The van der Waals surface area contributed by atoms with E-state index in [1.54, 1.807) is 75.5 Å². The molecule has 0 aliphatic heterocycles. The minimum absolute atomic E-state index is 0.148. The normalized spacial score (nSPS) is 12.8. The van der Waals surface area contributed by atoms with Crippen LogP contribution in [0.2, 0.25) is 0 Å². The molecule has 11 heteroatoms. The van der Waals surface area contributed by atoms with Crippen molar-refractivity contribution in [1.82, 2.24) is 19.3 Å². The van der Waals surface area contributed by atoms with E-state index in [-0.39, 0.29) is 22.4 Å². The van der Waals surface area contributed by atoms with Crippen molar-refractivity contribution in [2.75, 3.05) is 5.32 Å². The van der Waals surface area contributed by atoms with Gasteiger partial charge in [0.1, 0.15) is 11.6 Å². The number of aryl methyl sites for hydroxylation is 1. The van der Waals surface area contributed by atoms with Crippen LogP contribution in [0.1, 0.15) is 46.6 Å². The molecule has 10 nitrogen and oxygen atoms in total. The third kappa shape index (κ3) is 6.91. The Morgan fingerprint density at radius 1 is 1.05 bits per heavy atom. The summed E-state index contributed by atoms with van der Waals surface area (Å²) in [6.45, 7) is 11.1. The van der Waals surface area contributed by atoms with E-state index < -0.39 is 27.8 Å². The van der Waals surface area contributed by atoms with E-state index in [1.807, 2.05) is 20.8 Å². The summed E-state index contributed by atoms with van der Waals surface area (Å²) in [5.41, 5.74) is 2.15. The SMILES string of the molecule is Cc1cc(NC(=O)[C@@H](CC(C)C)NC(=O)OC(C)(C)C)cnc1-c1ccnc2c1ccn2S(=O)(=O)c1ccccc1. The Kier molecular flexibility index (Phi) is 8.48. The smallest absolute Gasteiger partial charge is 0.408 e. The number of anilines is 1. The van der Waals surface area contributed by atoms with Crippen LogP contribution in [0, 0.1) is 12.8 Å². The lowest BCUT2D eigenvalue weighted by Crippen LogP contribution is -2.46. The molecule has 1 aromatic carbocycles. The Morgan fingerprint density at radius 2 is 1.76 bits per heavy atom. The number of fused-ring (bicyclic) bond motifs is 1. The first kappa shape index (κ1) is 29.7. The van der Waals surface area contributed by atoms with Crippen molar-refractivity contribution in [3.8, 4) is 11.3 Å². The van der Waals surface area contributed by atoms with Crippen molar-refractivity contribution in [2.24, 2.45) is 5.92 Å². The monoisotopic (exact) mass is 577 g/mol. The van der Waals surface area contributed by atoms with Crippen molar-refractivity contribution in [3.63, 3.8) is 0 Å². The number of rotatable bonds is 8. The van der Waals surface area contributed by atoms with Gasteiger partial charge in [-0.05, 0) is 75.9 Å². The number of aromatic nitrogens is 3. The summed E-state index contributed by atoms with van der Waals surface area (Å²) in [6, 6.07) is 12.6. The number of nitrogens with one attached hydrogen (secondary N) is 2. The summed E-state index contributed by atoms with van der Waals surface area (Å²) in [5.74, 6) is -0.233. The van der Waals surface area contributed by atoms with E-state index in [1.165, 1.54) is 12.4 Å². The highest BCUT2D eigenvalue weighted by atomic mass is 32.2. The van der Waals surface area contributed by atoms with Gasteiger partial charge in [0, 0.05) is 23.3 Å². The fourth-order valence-corrected chi connectivity index (χ4v) is 5.75. The lowest BCUT2D eigenvalue weighted by Gasteiger charge is -2.24. The molecule has 0 saturated carbocycles. The molecule has 0 spiro atoms. The molecule has 0 aliphatic rings. The molecule has 0 bridgehead atoms. The molecule has 4 aromatic rings. The molecule has 4 rings (SSSR count). The molecule has 41 heavy (non-hydrogen) atoms. The van der Waals surface area contributed by atoms with Crippen LogP contribution in [0.15, 0.2) is 72.0 Å². The number of alkyl carbamates (subject to hydrolysis) is 1. The Labute approximate surface area is 240 Å². The minimum Gasteiger partial charge on any atom is -0.444 e. The third-order valence-electron chi connectivity index (χ3n) is 6.17. The number of nitrogens with zero attached hydrogens (tertiary/aromatic N) is 3. The number of carbonyl (C=O) groups excluding carboxylic acids is 2. The van der Waals surface area contributed by atoms with Gasteiger partial charge >= 0.3 is 6.09 Å². The number of pyridine rings is 2. The molecule has 3 heterocycles. The number of amides is 2. The molecule has 1 atom stereocenters. The van der Waals surface area contributed by atoms with E-state index in [2.05, 4.69) is 20.6 Å². The van der Waals surface area contributed by atoms with Gasteiger partial charge in [-0.3, -0.25) is 9.78 Å². The number of hydrogen-bond acceptors (Lipinski definition) is 7. The lowest BCUT2D eigenvalue weighted by atomic mass is 10.0. The molecule has 0 radical (unpaired) electrons. The maximum atomic E-state index is 13.3. The number of hydrogen-bond donors (Lipinski definition) is 2. The molecule has 3 aromatic heterocycles. The highest BCUT2D eigenvalue weighted by Gasteiger charge is 2.26. The second-order valence-corrected chi connectivity index (χ2v) is 13.0. The van der Waals surface area contributed by atoms with Crippen LogP contribution in [-0.2, 0) is 19.6 Å². The lowest BCUT2D eigenvalue weighted by molar-refractivity contribution is -0.118. The number of benzene rings is 1. The first-order valence-corrected chi connectivity index (χ1v) is 14.7. The standard InChI is InChI=1S/C30H35N5O5S/c1-19(2)16-25(34-29(37)40-30(4,5)6)28(36)33-21-17-20(3)26(32-18-21)23-12-14-31-27-24(23)13-15-35(27)41(38,39)22-10-8-7-9-11-22/h7-15,17-19,25H,16H2,1-6H3,(H,33,36)(H,34,37)/t25-/m1/s1.